The number of hydrogen-bond acceptors (Lipinski definition) is 8. The molecule has 0 saturated heterocycles. The number of aliphatic hydroxyl groups is 3. The van der Waals surface area contributed by atoms with E-state index in [1.807, 2.05) is 6.92 Å². The molecule has 0 amide bonds. The number of fused-ring (bicyclic) bond motifs is 3. The Morgan fingerprint density at radius 1 is 1.00 bits per heavy atom. The van der Waals surface area contributed by atoms with Gasteiger partial charge in [0.1, 0.15) is 18.3 Å². The van der Waals surface area contributed by atoms with Crippen LogP contribution in [0.4, 0.5) is 0 Å². The Hall–Kier alpha value is -1.77. The van der Waals surface area contributed by atoms with Gasteiger partial charge in [0.25, 0.3) is 0 Å². The number of Topliss-reactive ketones (excluding diaryl/α,β-unsaturated/α-hetero) is 1. The van der Waals surface area contributed by atoms with Gasteiger partial charge in [0.05, 0.1) is 12.2 Å². The normalized spacial score (nSPS) is 49.1. The van der Waals surface area contributed by atoms with Crippen molar-refractivity contribution in [2.45, 2.75) is 84.4 Å². The highest BCUT2D eigenvalue weighted by Gasteiger charge is 2.78. The average molecular weight is 451 g/mol. The molecule has 32 heavy (non-hydrogen) atoms. The lowest BCUT2D eigenvalue weighted by molar-refractivity contribution is -0.274. The molecule has 2 bridgehead atoms. The molecule has 0 unspecified atom stereocenters. The van der Waals surface area contributed by atoms with E-state index in [0.717, 1.165) is 0 Å². The van der Waals surface area contributed by atoms with Crippen molar-refractivity contribution in [3.05, 3.63) is 12.2 Å². The summed E-state index contributed by atoms with van der Waals surface area (Å²) in [6.45, 7) is 12.0. The number of rotatable bonds is 2. The molecule has 0 heterocycles. The molecule has 1 spiro atoms. The first-order valence-corrected chi connectivity index (χ1v) is 11.3. The fourth-order valence-corrected chi connectivity index (χ4v) is 8.06. The highest BCUT2D eigenvalue weighted by atomic mass is 16.6. The Balaban J connectivity index is 1.99. The number of ether oxygens (including phenoxy) is 2. The minimum atomic E-state index is -1.52. The molecule has 10 atom stereocenters. The first-order valence-electron chi connectivity index (χ1n) is 11.3. The molecule has 8 nitrogen and oxygen atoms in total. The lowest BCUT2D eigenvalue weighted by atomic mass is 9.38. The van der Waals surface area contributed by atoms with Gasteiger partial charge in [-0.15, -0.1) is 0 Å². The zero-order valence-electron chi connectivity index (χ0n) is 19.3. The van der Waals surface area contributed by atoms with Crippen molar-refractivity contribution >= 4 is 17.7 Å². The predicted octanol–water partition coefficient (Wildman–Crippen LogP) is 1.15. The minimum absolute atomic E-state index is 0.1000. The Labute approximate surface area is 188 Å². The second-order valence-corrected chi connectivity index (χ2v) is 11.1. The summed E-state index contributed by atoms with van der Waals surface area (Å²) < 4.78 is 11.5. The van der Waals surface area contributed by atoms with E-state index in [1.165, 1.54) is 13.8 Å². The van der Waals surface area contributed by atoms with E-state index in [0.29, 0.717) is 18.4 Å². The van der Waals surface area contributed by atoms with Gasteiger partial charge < -0.3 is 24.8 Å². The summed E-state index contributed by atoms with van der Waals surface area (Å²) >= 11 is 0. The second-order valence-electron chi connectivity index (χ2n) is 11.1. The van der Waals surface area contributed by atoms with Gasteiger partial charge in [-0.1, -0.05) is 27.4 Å². The summed E-state index contributed by atoms with van der Waals surface area (Å²) in [5.41, 5.74) is -2.82. The number of carbonyl (C=O) groups excluding carboxylic acids is 3. The van der Waals surface area contributed by atoms with Crippen LogP contribution in [-0.4, -0.2) is 63.6 Å². The molecule has 4 rings (SSSR count). The van der Waals surface area contributed by atoms with E-state index in [4.69, 9.17) is 9.47 Å². The van der Waals surface area contributed by atoms with Crippen LogP contribution in [0.1, 0.15) is 53.9 Å². The molecule has 0 radical (unpaired) electrons. The van der Waals surface area contributed by atoms with Crippen molar-refractivity contribution in [2.75, 3.05) is 0 Å². The van der Waals surface area contributed by atoms with Gasteiger partial charge in [0.15, 0.2) is 5.78 Å². The average Bonchev–Trinajstić information content (AvgIpc) is 2.85. The molecule has 178 valence electrons. The zero-order chi connectivity index (χ0) is 24.0. The van der Waals surface area contributed by atoms with E-state index >= 15 is 0 Å². The lowest BCUT2D eigenvalue weighted by Crippen LogP contribution is -2.75. The van der Waals surface area contributed by atoms with Crippen LogP contribution < -0.4 is 0 Å². The quantitative estimate of drug-likeness (QED) is 0.422. The van der Waals surface area contributed by atoms with Crippen LogP contribution in [0.15, 0.2) is 12.2 Å². The summed E-state index contributed by atoms with van der Waals surface area (Å²) in [5.74, 6) is -3.31. The highest BCUT2D eigenvalue weighted by Crippen LogP contribution is 2.71. The number of esters is 2. The second kappa shape index (κ2) is 7.11. The third-order valence-corrected chi connectivity index (χ3v) is 9.17. The first-order chi connectivity index (χ1) is 14.7. The Morgan fingerprint density at radius 2 is 1.59 bits per heavy atom. The van der Waals surface area contributed by atoms with E-state index in [2.05, 4.69) is 6.58 Å². The fraction of sp³-hybridized carbons (Fsp3) is 0.792. The summed E-state index contributed by atoms with van der Waals surface area (Å²) in [5, 5.41) is 33.7. The first kappa shape index (κ1) is 23.4. The maximum atomic E-state index is 13.8. The lowest BCUT2D eigenvalue weighted by Gasteiger charge is -2.67. The standard InChI is InChI=1S/C24H34O8/c1-10-13-7-14(31-11(2)25)18-23(6)16(32-12(3)26)8-15(27)22(4,5)19(23)17(28)21(30)24(18,9-13)20(10)29/h13-16,18-21,27,29-30H,1,7-9H2,2-6H3/t13-,14+,15+,16+,18+,19-,20-,21+,23+,24+/m0/s1. The van der Waals surface area contributed by atoms with Gasteiger partial charge in [-0.3, -0.25) is 14.4 Å². The van der Waals surface area contributed by atoms with Crippen LogP contribution in [0.5, 0.6) is 0 Å². The van der Waals surface area contributed by atoms with Gasteiger partial charge in [-0.05, 0) is 24.3 Å². The number of ketones is 1. The van der Waals surface area contributed by atoms with Gasteiger partial charge in [-0.25, -0.2) is 0 Å². The van der Waals surface area contributed by atoms with Crippen molar-refractivity contribution in [3.63, 3.8) is 0 Å². The summed E-state index contributed by atoms with van der Waals surface area (Å²) in [4.78, 5) is 37.9. The SMILES string of the molecule is C=C1[C@H]2C[C@@H](OC(C)=O)[C@@H]3[C@@]4(C)[C@H](OC(C)=O)C[C@@H](O)C(C)(C)[C@@H]4C(=O)[C@@H](O)[C@@]3(C2)[C@H]1O. The van der Waals surface area contributed by atoms with E-state index < -0.39 is 76.3 Å². The molecule has 4 aliphatic carbocycles. The molecule has 4 aliphatic rings. The van der Waals surface area contributed by atoms with Gasteiger partial charge in [0.2, 0.25) is 0 Å². The smallest absolute Gasteiger partial charge is 0.302 e. The Bertz CT molecular complexity index is 879. The third-order valence-electron chi connectivity index (χ3n) is 9.17. The molecule has 3 N–H and O–H groups in total. The Kier molecular flexibility index (Phi) is 5.20. The van der Waals surface area contributed by atoms with Crippen LogP contribution in [-0.2, 0) is 23.9 Å². The fourth-order valence-electron chi connectivity index (χ4n) is 8.06. The zero-order valence-corrected chi connectivity index (χ0v) is 19.3. The topological polar surface area (TPSA) is 130 Å². The van der Waals surface area contributed by atoms with Crippen molar-refractivity contribution in [1.29, 1.82) is 0 Å². The van der Waals surface area contributed by atoms with Crippen molar-refractivity contribution in [1.82, 2.24) is 0 Å². The summed E-state index contributed by atoms with van der Waals surface area (Å²) in [6, 6.07) is 0. The monoisotopic (exact) mass is 450 g/mol. The maximum absolute atomic E-state index is 13.8. The van der Waals surface area contributed by atoms with E-state index in [9.17, 15) is 29.7 Å². The minimum Gasteiger partial charge on any atom is -0.462 e. The molecular formula is C24H34O8. The molecule has 4 fully saturated rings. The van der Waals surface area contributed by atoms with Crippen molar-refractivity contribution in [3.8, 4) is 0 Å². The largest absolute Gasteiger partial charge is 0.462 e. The molecule has 4 saturated carbocycles. The molecule has 0 aromatic carbocycles. The Morgan fingerprint density at radius 3 is 2.16 bits per heavy atom. The van der Waals surface area contributed by atoms with Crippen LogP contribution >= 0.6 is 0 Å². The third kappa shape index (κ3) is 2.75. The van der Waals surface area contributed by atoms with Gasteiger partial charge in [0, 0.05) is 48.3 Å². The van der Waals surface area contributed by atoms with Gasteiger partial charge >= 0.3 is 11.9 Å². The van der Waals surface area contributed by atoms with Crippen LogP contribution in [0.3, 0.4) is 0 Å². The molecule has 0 aliphatic heterocycles. The molecular weight excluding hydrogens is 416 g/mol. The molecule has 0 aromatic heterocycles. The van der Waals surface area contributed by atoms with E-state index in [1.54, 1.807) is 13.8 Å². The van der Waals surface area contributed by atoms with Crippen LogP contribution in [0, 0.1) is 34.0 Å². The molecule has 8 heteroatoms. The number of aliphatic hydroxyl groups excluding tert-OH is 3. The maximum Gasteiger partial charge on any atom is 0.302 e. The number of carbonyl (C=O) groups is 3. The summed E-state index contributed by atoms with van der Waals surface area (Å²) in [6.07, 6.45) is -4.38. The van der Waals surface area contributed by atoms with E-state index in [-0.39, 0.29) is 12.3 Å². The van der Waals surface area contributed by atoms with Crippen LogP contribution in [0.25, 0.3) is 0 Å². The number of hydrogen-bond donors (Lipinski definition) is 3. The molecule has 0 aromatic rings. The van der Waals surface area contributed by atoms with Crippen molar-refractivity contribution in [2.24, 2.45) is 34.0 Å². The predicted molar refractivity (Wildman–Crippen MR) is 112 cm³/mol. The summed E-state index contributed by atoms with van der Waals surface area (Å²) in [7, 11) is 0. The highest BCUT2D eigenvalue weighted by molar-refractivity contribution is 5.90. The van der Waals surface area contributed by atoms with Crippen LogP contribution in [0.2, 0.25) is 0 Å². The van der Waals surface area contributed by atoms with Crippen molar-refractivity contribution < 1.29 is 39.2 Å². The van der Waals surface area contributed by atoms with Gasteiger partial charge in [-0.2, -0.15) is 0 Å².